The molecule has 0 spiro atoms. The van der Waals surface area contributed by atoms with E-state index in [0.717, 1.165) is 0 Å². The Kier molecular flexibility index (Phi) is 4.99. The molecule has 0 aliphatic rings. The van der Waals surface area contributed by atoms with Crippen LogP contribution >= 0.6 is 12.2 Å². The molecule has 1 rings (SSSR count). The number of nitrogens with one attached hydrogen (secondary N) is 1. The van der Waals surface area contributed by atoms with Crippen molar-refractivity contribution >= 4 is 28.8 Å². The van der Waals surface area contributed by atoms with Gasteiger partial charge in [-0.1, -0.05) is 18.3 Å². The lowest BCUT2D eigenvalue weighted by Crippen LogP contribution is -2.35. The summed E-state index contributed by atoms with van der Waals surface area (Å²) in [4.78, 5) is 13.6. The molecule has 0 unspecified atom stereocenters. The summed E-state index contributed by atoms with van der Waals surface area (Å²) in [6.07, 6.45) is 0. The third kappa shape index (κ3) is 5.37. The van der Waals surface area contributed by atoms with Crippen LogP contribution in [-0.2, 0) is 4.79 Å². The fourth-order valence-electron chi connectivity index (χ4n) is 1.33. The van der Waals surface area contributed by atoms with Crippen LogP contribution in [0, 0.1) is 5.82 Å². The number of rotatable bonds is 5. The van der Waals surface area contributed by atoms with Gasteiger partial charge in [0.1, 0.15) is 5.82 Å². The van der Waals surface area contributed by atoms with Gasteiger partial charge in [0.25, 0.3) is 0 Å². The van der Waals surface area contributed by atoms with Gasteiger partial charge in [0.2, 0.25) is 5.91 Å². The van der Waals surface area contributed by atoms with Crippen molar-refractivity contribution in [2.45, 2.75) is 0 Å². The average Bonchev–Trinajstić information content (AvgIpc) is 2.14. The number of carbonyl (C=O) groups is 1. The van der Waals surface area contributed by atoms with Gasteiger partial charge in [-0.2, -0.15) is 0 Å². The zero-order valence-electron chi connectivity index (χ0n) is 9.44. The van der Waals surface area contributed by atoms with E-state index in [1.807, 2.05) is 0 Å². The fourth-order valence-corrected chi connectivity index (χ4v) is 1.55. The van der Waals surface area contributed by atoms with E-state index in [0.29, 0.717) is 17.2 Å². The van der Waals surface area contributed by atoms with E-state index < -0.39 is 0 Å². The molecule has 0 saturated heterocycles. The summed E-state index contributed by atoms with van der Waals surface area (Å²) in [6.45, 7) is 0.514. The van der Waals surface area contributed by atoms with E-state index in [4.69, 9.17) is 18.0 Å². The highest BCUT2D eigenvalue weighted by Crippen LogP contribution is 2.08. The van der Waals surface area contributed by atoms with E-state index in [1.165, 1.54) is 18.2 Å². The van der Waals surface area contributed by atoms with Crippen molar-refractivity contribution in [1.29, 1.82) is 0 Å². The van der Waals surface area contributed by atoms with Gasteiger partial charge in [-0.15, -0.1) is 0 Å². The molecule has 1 aromatic carbocycles. The Morgan fingerprint density at radius 3 is 2.82 bits per heavy atom. The van der Waals surface area contributed by atoms with Crippen LogP contribution in [-0.4, -0.2) is 35.9 Å². The Morgan fingerprint density at radius 2 is 2.24 bits per heavy atom. The standard InChI is InChI=1S/C11H14FN3OS/c1-15(6-10(13)17)7-11(16)14-9-4-2-3-8(12)5-9/h2-5H,6-7H2,1H3,(H2,13,17)(H,14,16). The summed E-state index contributed by atoms with van der Waals surface area (Å²) in [5.74, 6) is -0.631. The molecule has 3 N–H and O–H groups in total. The van der Waals surface area contributed by atoms with Crippen molar-refractivity contribution in [3.63, 3.8) is 0 Å². The third-order valence-corrected chi connectivity index (χ3v) is 2.08. The number of carbonyl (C=O) groups excluding carboxylic acids is 1. The SMILES string of the molecule is CN(CC(=O)Nc1cccc(F)c1)CC(N)=S. The number of amides is 1. The second kappa shape index (κ2) is 6.27. The highest BCUT2D eigenvalue weighted by molar-refractivity contribution is 7.80. The molecule has 0 fully saturated rings. The first-order chi connectivity index (χ1) is 7.97. The maximum Gasteiger partial charge on any atom is 0.238 e. The quantitative estimate of drug-likeness (QED) is 0.770. The molecule has 0 bridgehead atoms. The first-order valence-electron chi connectivity index (χ1n) is 4.99. The van der Waals surface area contributed by atoms with Crippen molar-refractivity contribution in [3.05, 3.63) is 30.1 Å². The zero-order chi connectivity index (χ0) is 12.8. The van der Waals surface area contributed by atoms with Crippen LogP contribution < -0.4 is 11.1 Å². The molecule has 17 heavy (non-hydrogen) atoms. The third-order valence-electron chi connectivity index (χ3n) is 1.95. The summed E-state index contributed by atoms with van der Waals surface area (Å²) in [5, 5.41) is 2.58. The van der Waals surface area contributed by atoms with E-state index in [1.54, 1.807) is 18.0 Å². The van der Waals surface area contributed by atoms with Gasteiger partial charge < -0.3 is 11.1 Å². The van der Waals surface area contributed by atoms with E-state index in [2.05, 4.69) is 5.32 Å². The van der Waals surface area contributed by atoms with Gasteiger partial charge in [0.15, 0.2) is 0 Å². The largest absolute Gasteiger partial charge is 0.392 e. The molecular weight excluding hydrogens is 241 g/mol. The number of hydrogen-bond donors (Lipinski definition) is 2. The number of likely N-dealkylation sites (N-methyl/N-ethyl adjacent to an activating group) is 1. The van der Waals surface area contributed by atoms with Crippen LogP contribution in [0.1, 0.15) is 0 Å². The molecular formula is C11H14FN3OS. The maximum atomic E-state index is 12.9. The summed E-state index contributed by atoms with van der Waals surface area (Å²) in [5.41, 5.74) is 5.78. The average molecular weight is 255 g/mol. The number of thiocarbonyl (C=S) groups is 1. The topological polar surface area (TPSA) is 58.4 Å². The maximum absolute atomic E-state index is 12.9. The van der Waals surface area contributed by atoms with Crippen molar-refractivity contribution in [1.82, 2.24) is 4.90 Å². The van der Waals surface area contributed by atoms with Gasteiger partial charge >= 0.3 is 0 Å². The molecule has 6 heteroatoms. The summed E-state index contributed by atoms with van der Waals surface area (Å²) >= 11 is 4.73. The molecule has 0 aliphatic heterocycles. The Morgan fingerprint density at radius 1 is 1.53 bits per heavy atom. The van der Waals surface area contributed by atoms with Gasteiger partial charge in [-0.3, -0.25) is 9.69 Å². The number of halogens is 1. The van der Waals surface area contributed by atoms with E-state index in [9.17, 15) is 9.18 Å². The highest BCUT2D eigenvalue weighted by Gasteiger charge is 2.07. The van der Waals surface area contributed by atoms with Crippen molar-refractivity contribution < 1.29 is 9.18 Å². The molecule has 1 amide bonds. The normalized spacial score (nSPS) is 10.3. The minimum atomic E-state index is -0.390. The van der Waals surface area contributed by atoms with Crippen LogP contribution in [0.15, 0.2) is 24.3 Å². The molecule has 1 aromatic rings. The smallest absolute Gasteiger partial charge is 0.238 e. The summed E-state index contributed by atoms with van der Waals surface area (Å²) in [6, 6.07) is 5.72. The van der Waals surface area contributed by atoms with Gasteiger partial charge in [0, 0.05) is 12.2 Å². The molecule has 0 aliphatic carbocycles. The highest BCUT2D eigenvalue weighted by atomic mass is 32.1. The molecule has 0 heterocycles. The van der Waals surface area contributed by atoms with Gasteiger partial charge in [-0.25, -0.2) is 4.39 Å². The first kappa shape index (κ1) is 13.5. The van der Waals surface area contributed by atoms with E-state index in [-0.39, 0.29) is 18.3 Å². The van der Waals surface area contributed by atoms with Crippen LogP contribution in [0.5, 0.6) is 0 Å². The molecule has 0 radical (unpaired) electrons. The Hall–Kier alpha value is -1.53. The molecule has 4 nitrogen and oxygen atoms in total. The molecule has 92 valence electrons. The number of anilines is 1. The van der Waals surface area contributed by atoms with Crippen molar-refractivity contribution in [2.75, 3.05) is 25.5 Å². The second-order valence-corrected chi connectivity index (χ2v) is 4.22. The van der Waals surface area contributed by atoms with Crippen LogP contribution in [0.25, 0.3) is 0 Å². The first-order valence-corrected chi connectivity index (χ1v) is 5.40. The predicted molar refractivity (Wildman–Crippen MR) is 69.3 cm³/mol. The van der Waals surface area contributed by atoms with Gasteiger partial charge in [-0.05, 0) is 25.2 Å². The van der Waals surface area contributed by atoms with Crippen LogP contribution in [0.3, 0.4) is 0 Å². The Balaban J connectivity index is 2.47. The van der Waals surface area contributed by atoms with Crippen LogP contribution in [0.2, 0.25) is 0 Å². The lowest BCUT2D eigenvalue weighted by molar-refractivity contribution is -0.116. The lowest BCUT2D eigenvalue weighted by Gasteiger charge is -2.15. The van der Waals surface area contributed by atoms with Gasteiger partial charge in [0.05, 0.1) is 11.5 Å². The monoisotopic (exact) mass is 255 g/mol. The number of hydrogen-bond acceptors (Lipinski definition) is 3. The molecule has 0 saturated carbocycles. The minimum Gasteiger partial charge on any atom is -0.392 e. The van der Waals surface area contributed by atoms with Crippen molar-refractivity contribution in [2.24, 2.45) is 5.73 Å². The zero-order valence-corrected chi connectivity index (χ0v) is 10.3. The summed E-state index contributed by atoms with van der Waals surface area (Å²) < 4.78 is 12.9. The van der Waals surface area contributed by atoms with E-state index >= 15 is 0 Å². The summed E-state index contributed by atoms with van der Waals surface area (Å²) in [7, 11) is 1.73. The Bertz CT molecular complexity index is 425. The predicted octanol–water partition coefficient (Wildman–Crippen LogP) is 0.982. The number of benzene rings is 1. The lowest BCUT2D eigenvalue weighted by atomic mass is 10.3. The molecule has 0 atom stereocenters. The molecule has 0 aromatic heterocycles. The van der Waals surface area contributed by atoms with Crippen molar-refractivity contribution in [3.8, 4) is 0 Å². The fraction of sp³-hybridized carbons (Fsp3) is 0.273. The number of nitrogens with two attached hydrogens (primary N) is 1. The second-order valence-electron chi connectivity index (χ2n) is 3.70. The van der Waals surface area contributed by atoms with Crippen LogP contribution in [0.4, 0.5) is 10.1 Å². The minimum absolute atomic E-state index is 0.147. The number of nitrogens with zero attached hydrogens (tertiary/aromatic N) is 1. The Labute approximate surface area is 105 Å².